The number of nitrogens with one attached hydrogen (secondary N) is 1. The molecular weight excluding hydrogens is 242 g/mol. The van der Waals surface area contributed by atoms with Crippen LogP contribution in [-0.4, -0.2) is 27.6 Å². The van der Waals surface area contributed by atoms with Crippen molar-refractivity contribution in [2.45, 2.75) is 13.8 Å². The van der Waals surface area contributed by atoms with Crippen LogP contribution in [0.1, 0.15) is 11.1 Å². The highest BCUT2D eigenvalue weighted by Crippen LogP contribution is 2.23. The Bertz CT molecular complexity index is 611. The van der Waals surface area contributed by atoms with Crippen LogP contribution in [-0.2, 0) is 4.79 Å². The minimum absolute atomic E-state index is 0.163. The van der Waals surface area contributed by atoms with E-state index >= 15 is 0 Å². The number of carbonyl (C=O) groups is 1. The number of hydrogen-bond acceptors (Lipinski definition) is 4. The van der Waals surface area contributed by atoms with Gasteiger partial charge in [0.1, 0.15) is 18.7 Å². The van der Waals surface area contributed by atoms with E-state index in [1.165, 1.54) is 11.9 Å². The van der Waals surface area contributed by atoms with E-state index in [-0.39, 0.29) is 6.54 Å². The zero-order valence-corrected chi connectivity index (χ0v) is 10.8. The number of aliphatic carboxylic acids is 1. The Morgan fingerprint density at radius 1 is 1.26 bits per heavy atom. The Morgan fingerprint density at radius 2 is 2.05 bits per heavy atom. The predicted octanol–water partition coefficient (Wildman–Crippen LogP) is 2.26. The Morgan fingerprint density at radius 3 is 2.74 bits per heavy atom. The van der Waals surface area contributed by atoms with Crippen molar-refractivity contribution in [1.29, 1.82) is 0 Å². The summed E-state index contributed by atoms with van der Waals surface area (Å²) in [6, 6.07) is 7.87. The van der Waals surface area contributed by atoms with Crippen molar-refractivity contribution in [3.05, 3.63) is 41.7 Å². The highest BCUT2D eigenvalue weighted by molar-refractivity contribution is 5.73. The molecule has 1 heterocycles. The fraction of sp³-hybridized carbons (Fsp3) is 0.214. The maximum Gasteiger partial charge on any atom is 0.322 e. The Kier molecular flexibility index (Phi) is 3.75. The van der Waals surface area contributed by atoms with Gasteiger partial charge in [0.15, 0.2) is 0 Å². The van der Waals surface area contributed by atoms with Crippen molar-refractivity contribution in [1.82, 2.24) is 9.97 Å². The second kappa shape index (κ2) is 5.48. The van der Waals surface area contributed by atoms with E-state index in [9.17, 15) is 4.79 Å². The molecule has 2 aromatic rings. The van der Waals surface area contributed by atoms with Crippen LogP contribution in [0.15, 0.2) is 30.6 Å². The first-order valence-corrected chi connectivity index (χ1v) is 5.91. The maximum atomic E-state index is 10.5. The number of carboxylic acid groups (broad SMARTS) is 1. The zero-order valence-electron chi connectivity index (χ0n) is 10.8. The zero-order chi connectivity index (χ0) is 13.8. The molecule has 1 aromatic heterocycles. The van der Waals surface area contributed by atoms with E-state index < -0.39 is 5.97 Å². The van der Waals surface area contributed by atoms with E-state index in [0.29, 0.717) is 5.82 Å². The largest absolute Gasteiger partial charge is 0.480 e. The first-order valence-electron chi connectivity index (χ1n) is 5.91. The molecule has 98 valence electrons. The van der Waals surface area contributed by atoms with Gasteiger partial charge in [-0.1, -0.05) is 23.8 Å². The minimum atomic E-state index is -0.924. The second-order valence-corrected chi connectivity index (χ2v) is 4.35. The van der Waals surface area contributed by atoms with E-state index in [4.69, 9.17) is 5.11 Å². The molecule has 0 bridgehead atoms. The summed E-state index contributed by atoms with van der Waals surface area (Å²) in [5, 5.41) is 11.4. The monoisotopic (exact) mass is 257 g/mol. The van der Waals surface area contributed by atoms with Crippen LogP contribution < -0.4 is 5.32 Å². The summed E-state index contributed by atoms with van der Waals surface area (Å²) in [7, 11) is 0. The molecule has 2 N–H and O–H groups in total. The first kappa shape index (κ1) is 13.0. The number of anilines is 1. The molecular formula is C14H15N3O2. The number of aryl methyl sites for hydroxylation is 2. The van der Waals surface area contributed by atoms with Crippen LogP contribution in [0, 0.1) is 13.8 Å². The van der Waals surface area contributed by atoms with Crippen molar-refractivity contribution in [2.24, 2.45) is 0 Å². The maximum absolute atomic E-state index is 10.5. The molecule has 0 radical (unpaired) electrons. The van der Waals surface area contributed by atoms with Gasteiger partial charge in [-0.05, 0) is 19.4 Å². The van der Waals surface area contributed by atoms with Crippen LogP contribution in [0.3, 0.4) is 0 Å². The molecule has 0 amide bonds. The first-order chi connectivity index (χ1) is 9.06. The molecule has 19 heavy (non-hydrogen) atoms. The third-order valence-electron chi connectivity index (χ3n) is 2.75. The number of aromatic nitrogens is 2. The smallest absolute Gasteiger partial charge is 0.322 e. The van der Waals surface area contributed by atoms with Gasteiger partial charge in [0.05, 0.1) is 5.69 Å². The van der Waals surface area contributed by atoms with Crippen LogP contribution in [0.4, 0.5) is 5.82 Å². The van der Waals surface area contributed by atoms with Crippen LogP contribution in [0.25, 0.3) is 11.3 Å². The third kappa shape index (κ3) is 3.28. The lowest BCUT2D eigenvalue weighted by molar-refractivity contribution is -0.134. The van der Waals surface area contributed by atoms with Gasteiger partial charge >= 0.3 is 5.97 Å². The molecule has 0 atom stereocenters. The fourth-order valence-electron chi connectivity index (χ4n) is 1.87. The normalized spacial score (nSPS) is 10.2. The summed E-state index contributed by atoms with van der Waals surface area (Å²) in [5.41, 5.74) is 4.12. The molecule has 0 saturated carbocycles. The van der Waals surface area contributed by atoms with Gasteiger partial charge in [0.2, 0.25) is 0 Å². The average Bonchev–Trinajstić information content (AvgIpc) is 2.36. The Balaban J connectivity index is 2.29. The molecule has 1 aromatic carbocycles. The Hall–Kier alpha value is -2.43. The van der Waals surface area contributed by atoms with Gasteiger partial charge in [-0.25, -0.2) is 9.97 Å². The quantitative estimate of drug-likeness (QED) is 0.878. The van der Waals surface area contributed by atoms with Gasteiger partial charge in [0.25, 0.3) is 0 Å². The van der Waals surface area contributed by atoms with Gasteiger partial charge < -0.3 is 10.4 Å². The molecule has 0 aliphatic rings. The topological polar surface area (TPSA) is 75.1 Å². The molecule has 5 heteroatoms. The lowest BCUT2D eigenvalue weighted by atomic mass is 10.0. The van der Waals surface area contributed by atoms with Gasteiger partial charge in [-0.15, -0.1) is 0 Å². The number of nitrogens with zero attached hydrogens (tertiary/aromatic N) is 2. The fourth-order valence-corrected chi connectivity index (χ4v) is 1.87. The molecule has 0 aliphatic heterocycles. The number of carboxylic acids is 1. The molecule has 0 fully saturated rings. The molecule has 2 rings (SSSR count). The van der Waals surface area contributed by atoms with Gasteiger partial charge in [0, 0.05) is 11.6 Å². The van der Waals surface area contributed by atoms with Crippen molar-refractivity contribution >= 4 is 11.8 Å². The standard InChI is InChI=1S/C14H15N3O2/c1-9-3-4-11(10(2)5-9)12-6-13(17-8-16-12)15-7-14(18)19/h3-6,8H,7H2,1-2H3,(H,18,19)(H,15,16,17). The van der Waals surface area contributed by atoms with Crippen LogP contribution in [0.5, 0.6) is 0 Å². The summed E-state index contributed by atoms with van der Waals surface area (Å²) in [5.74, 6) is -0.418. The average molecular weight is 257 g/mol. The number of hydrogen-bond donors (Lipinski definition) is 2. The van der Waals surface area contributed by atoms with E-state index in [1.807, 2.05) is 26.0 Å². The van der Waals surface area contributed by atoms with Crippen LogP contribution in [0.2, 0.25) is 0 Å². The van der Waals surface area contributed by atoms with E-state index in [0.717, 1.165) is 16.8 Å². The van der Waals surface area contributed by atoms with Gasteiger partial charge in [-0.3, -0.25) is 4.79 Å². The molecule has 0 saturated heterocycles. The molecule has 0 spiro atoms. The Labute approximate surface area is 111 Å². The summed E-state index contributed by atoms with van der Waals surface area (Å²) in [6.45, 7) is 3.90. The summed E-state index contributed by atoms with van der Waals surface area (Å²) >= 11 is 0. The van der Waals surface area contributed by atoms with Crippen molar-refractivity contribution in [2.75, 3.05) is 11.9 Å². The second-order valence-electron chi connectivity index (χ2n) is 4.35. The number of benzene rings is 1. The van der Waals surface area contributed by atoms with Crippen molar-refractivity contribution in [3.8, 4) is 11.3 Å². The van der Waals surface area contributed by atoms with E-state index in [1.54, 1.807) is 6.07 Å². The molecule has 0 aliphatic carbocycles. The highest BCUT2D eigenvalue weighted by Gasteiger charge is 2.06. The minimum Gasteiger partial charge on any atom is -0.480 e. The summed E-state index contributed by atoms with van der Waals surface area (Å²) < 4.78 is 0. The van der Waals surface area contributed by atoms with Gasteiger partial charge in [-0.2, -0.15) is 0 Å². The lowest BCUT2D eigenvalue weighted by Gasteiger charge is -2.08. The molecule has 5 nitrogen and oxygen atoms in total. The van der Waals surface area contributed by atoms with Crippen molar-refractivity contribution in [3.63, 3.8) is 0 Å². The predicted molar refractivity (Wildman–Crippen MR) is 73.1 cm³/mol. The third-order valence-corrected chi connectivity index (χ3v) is 2.75. The summed E-state index contributed by atoms with van der Waals surface area (Å²) in [4.78, 5) is 18.7. The lowest BCUT2D eigenvalue weighted by Crippen LogP contribution is -2.13. The molecule has 0 unspecified atom stereocenters. The van der Waals surface area contributed by atoms with Crippen LogP contribution >= 0.6 is 0 Å². The number of rotatable bonds is 4. The SMILES string of the molecule is Cc1ccc(-c2cc(NCC(=O)O)ncn2)c(C)c1. The highest BCUT2D eigenvalue weighted by atomic mass is 16.4. The summed E-state index contributed by atoms with van der Waals surface area (Å²) in [6.07, 6.45) is 1.43. The van der Waals surface area contributed by atoms with E-state index in [2.05, 4.69) is 21.4 Å². The van der Waals surface area contributed by atoms with Crippen molar-refractivity contribution < 1.29 is 9.90 Å².